The first-order valence-corrected chi connectivity index (χ1v) is 8.82. The molecule has 0 aromatic heterocycles. The minimum atomic E-state index is -3.67. The summed E-state index contributed by atoms with van der Waals surface area (Å²) in [7, 11) is -0.576. The molecule has 24 heavy (non-hydrogen) atoms. The molecule has 2 aromatic rings. The van der Waals surface area contributed by atoms with Gasteiger partial charge in [-0.3, -0.25) is 0 Å². The zero-order valence-corrected chi connectivity index (χ0v) is 14.6. The van der Waals surface area contributed by atoms with Gasteiger partial charge in [-0.05, 0) is 54.8 Å². The molecule has 5 nitrogen and oxygen atoms in total. The van der Waals surface area contributed by atoms with Crippen LogP contribution >= 0.6 is 0 Å². The summed E-state index contributed by atoms with van der Waals surface area (Å²) in [6.45, 7) is 1.74. The predicted molar refractivity (Wildman–Crippen MR) is 89.6 cm³/mol. The molecule has 0 saturated heterocycles. The van der Waals surface area contributed by atoms with Gasteiger partial charge in [0.15, 0.2) is 11.5 Å². The van der Waals surface area contributed by atoms with E-state index in [1.54, 1.807) is 26.4 Å². The zero-order chi connectivity index (χ0) is 17.7. The maximum absolute atomic E-state index is 13.3. The van der Waals surface area contributed by atoms with Crippen molar-refractivity contribution in [3.05, 3.63) is 53.3 Å². The Balaban J connectivity index is 2.04. The van der Waals surface area contributed by atoms with E-state index in [1.807, 2.05) is 6.07 Å². The number of benzene rings is 2. The lowest BCUT2D eigenvalue weighted by atomic mass is 10.1. The third-order valence-electron chi connectivity index (χ3n) is 3.59. The van der Waals surface area contributed by atoms with Gasteiger partial charge in [0.05, 0.1) is 19.1 Å². The lowest BCUT2D eigenvalue weighted by Crippen LogP contribution is -2.26. The zero-order valence-electron chi connectivity index (χ0n) is 13.8. The Labute approximate surface area is 141 Å². The second kappa shape index (κ2) is 7.63. The Morgan fingerprint density at radius 3 is 2.38 bits per heavy atom. The Hall–Kier alpha value is -2.12. The molecule has 0 spiro atoms. The molecule has 0 aliphatic heterocycles. The highest BCUT2D eigenvalue weighted by Gasteiger charge is 2.15. The average Bonchev–Trinajstić information content (AvgIpc) is 2.56. The van der Waals surface area contributed by atoms with E-state index in [0.717, 1.165) is 11.6 Å². The predicted octanol–water partition coefficient (Wildman–Crippen LogP) is 2.67. The summed E-state index contributed by atoms with van der Waals surface area (Å²) in [6.07, 6.45) is 0.486. The van der Waals surface area contributed by atoms with Crippen LogP contribution in [0.15, 0.2) is 41.3 Å². The minimum Gasteiger partial charge on any atom is -0.493 e. The van der Waals surface area contributed by atoms with Crippen molar-refractivity contribution in [3.63, 3.8) is 0 Å². The fraction of sp³-hybridized carbons (Fsp3) is 0.294. The molecule has 0 radical (unpaired) electrons. The van der Waals surface area contributed by atoms with Crippen LogP contribution in [0.2, 0.25) is 0 Å². The molecule has 0 saturated carbocycles. The lowest BCUT2D eigenvalue weighted by molar-refractivity contribution is 0.354. The van der Waals surface area contributed by atoms with Gasteiger partial charge in [0.1, 0.15) is 5.82 Å². The number of sulfonamides is 1. The number of ether oxygens (including phenoxy) is 2. The van der Waals surface area contributed by atoms with Crippen LogP contribution in [0.3, 0.4) is 0 Å². The second-order valence-electron chi connectivity index (χ2n) is 5.25. The third kappa shape index (κ3) is 4.24. The van der Waals surface area contributed by atoms with E-state index >= 15 is 0 Å². The van der Waals surface area contributed by atoms with Crippen molar-refractivity contribution in [2.24, 2.45) is 0 Å². The highest BCUT2D eigenvalue weighted by atomic mass is 32.2. The van der Waals surface area contributed by atoms with Crippen LogP contribution < -0.4 is 14.2 Å². The van der Waals surface area contributed by atoms with Crippen LogP contribution in [0.5, 0.6) is 11.5 Å². The van der Waals surface area contributed by atoms with Crippen LogP contribution in [-0.4, -0.2) is 29.2 Å². The topological polar surface area (TPSA) is 64.6 Å². The van der Waals surface area contributed by atoms with Gasteiger partial charge in [-0.15, -0.1) is 0 Å². The SMILES string of the molecule is COc1ccc(CCNS(=O)(=O)c2ccc(F)c(C)c2)cc1OC. The molecule has 0 bridgehead atoms. The summed E-state index contributed by atoms with van der Waals surface area (Å²) >= 11 is 0. The number of rotatable bonds is 7. The Kier molecular flexibility index (Phi) is 5.80. The van der Waals surface area contributed by atoms with Crippen molar-refractivity contribution in [2.45, 2.75) is 18.2 Å². The molecular weight excluding hydrogens is 333 g/mol. The fourth-order valence-electron chi connectivity index (χ4n) is 2.23. The molecule has 0 aliphatic rings. The maximum atomic E-state index is 13.3. The van der Waals surface area contributed by atoms with Crippen molar-refractivity contribution >= 4 is 10.0 Å². The Morgan fingerprint density at radius 2 is 1.75 bits per heavy atom. The van der Waals surface area contributed by atoms with Crippen molar-refractivity contribution in [1.82, 2.24) is 4.72 Å². The van der Waals surface area contributed by atoms with Crippen LogP contribution in [-0.2, 0) is 16.4 Å². The van der Waals surface area contributed by atoms with Crippen LogP contribution in [0.25, 0.3) is 0 Å². The van der Waals surface area contributed by atoms with Gasteiger partial charge in [-0.25, -0.2) is 17.5 Å². The largest absolute Gasteiger partial charge is 0.493 e. The highest BCUT2D eigenvalue weighted by molar-refractivity contribution is 7.89. The highest BCUT2D eigenvalue weighted by Crippen LogP contribution is 2.27. The Morgan fingerprint density at radius 1 is 1.04 bits per heavy atom. The first-order chi connectivity index (χ1) is 11.4. The van der Waals surface area contributed by atoms with E-state index in [2.05, 4.69) is 4.72 Å². The summed E-state index contributed by atoms with van der Waals surface area (Å²) in [5, 5.41) is 0. The molecule has 0 amide bonds. The van der Waals surface area contributed by atoms with Gasteiger partial charge < -0.3 is 9.47 Å². The standard InChI is InChI=1S/C17H20FNO4S/c1-12-10-14(5-6-15(12)18)24(20,21)19-9-8-13-4-7-16(22-2)17(11-13)23-3/h4-7,10-11,19H,8-9H2,1-3H3. The quantitative estimate of drug-likeness (QED) is 0.831. The van der Waals surface area contributed by atoms with Crippen molar-refractivity contribution < 1.29 is 22.3 Å². The lowest BCUT2D eigenvalue weighted by Gasteiger charge is -2.11. The van der Waals surface area contributed by atoms with Gasteiger partial charge in [0, 0.05) is 6.54 Å². The van der Waals surface area contributed by atoms with Crippen molar-refractivity contribution in [3.8, 4) is 11.5 Å². The molecule has 1 N–H and O–H groups in total. The average molecular weight is 353 g/mol. The number of nitrogens with one attached hydrogen (secondary N) is 1. The van der Waals surface area contributed by atoms with Gasteiger partial charge in [-0.2, -0.15) is 0 Å². The van der Waals surface area contributed by atoms with Gasteiger partial charge in [0.25, 0.3) is 0 Å². The molecule has 0 unspecified atom stereocenters. The molecule has 0 atom stereocenters. The molecule has 0 aliphatic carbocycles. The van der Waals surface area contributed by atoms with E-state index in [0.29, 0.717) is 17.9 Å². The summed E-state index contributed by atoms with van der Waals surface area (Å²) in [4.78, 5) is 0.0497. The van der Waals surface area contributed by atoms with Crippen LogP contribution in [0, 0.1) is 12.7 Å². The fourth-order valence-corrected chi connectivity index (χ4v) is 3.35. The molecule has 2 rings (SSSR count). The van der Waals surface area contributed by atoms with E-state index in [9.17, 15) is 12.8 Å². The van der Waals surface area contributed by atoms with E-state index in [-0.39, 0.29) is 17.0 Å². The number of halogens is 1. The molecule has 0 fully saturated rings. The van der Waals surface area contributed by atoms with E-state index < -0.39 is 15.8 Å². The molecule has 130 valence electrons. The number of methoxy groups -OCH3 is 2. The van der Waals surface area contributed by atoms with Gasteiger partial charge >= 0.3 is 0 Å². The first kappa shape index (κ1) is 18.2. The maximum Gasteiger partial charge on any atom is 0.240 e. The first-order valence-electron chi connectivity index (χ1n) is 7.34. The van der Waals surface area contributed by atoms with Crippen LogP contribution in [0.1, 0.15) is 11.1 Å². The summed E-state index contributed by atoms with van der Waals surface area (Å²) < 4.78 is 50.6. The summed E-state index contributed by atoms with van der Waals surface area (Å²) in [6, 6.07) is 9.13. The van der Waals surface area contributed by atoms with E-state index in [1.165, 1.54) is 19.1 Å². The number of hydrogen-bond donors (Lipinski definition) is 1. The molecule has 0 heterocycles. The van der Waals surface area contributed by atoms with Crippen LogP contribution in [0.4, 0.5) is 4.39 Å². The monoisotopic (exact) mass is 353 g/mol. The van der Waals surface area contributed by atoms with Gasteiger partial charge in [-0.1, -0.05) is 6.07 Å². The molecule has 7 heteroatoms. The summed E-state index contributed by atoms with van der Waals surface area (Å²) in [5.41, 5.74) is 1.20. The van der Waals surface area contributed by atoms with Crippen molar-refractivity contribution in [1.29, 1.82) is 0 Å². The third-order valence-corrected chi connectivity index (χ3v) is 5.05. The number of hydrogen-bond acceptors (Lipinski definition) is 4. The molecule has 2 aromatic carbocycles. The van der Waals surface area contributed by atoms with Gasteiger partial charge in [0.2, 0.25) is 10.0 Å². The smallest absolute Gasteiger partial charge is 0.240 e. The summed E-state index contributed by atoms with van der Waals surface area (Å²) in [5.74, 6) is 0.773. The normalized spacial score (nSPS) is 11.3. The minimum absolute atomic E-state index is 0.0497. The van der Waals surface area contributed by atoms with Crippen molar-refractivity contribution in [2.75, 3.05) is 20.8 Å². The second-order valence-corrected chi connectivity index (χ2v) is 7.02. The number of aryl methyl sites for hydroxylation is 1. The Bertz CT molecular complexity index is 821. The van der Waals surface area contributed by atoms with E-state index in [4.69, 9.17) is 9.47 Å². The molecular formula is C17H20FNO4S.